The van der Waals surface area contributed by atoms with Crippen molar-refractivity contribution in [3.05, 3.63) is 54.3 Å². The predicted octanol–water partition coefficient (Wildman–Crippen LogP) is 3.75. The number of hydrogen-bond acceptors (Lipinski definition) is 4. The van der Waals surface area contributed by atoms with Gasteiger partial charge in [0.1, 0.15) is 10.5 Å². The summed E-state index contributed by atoms with van der Waals surface area (Å²) in [6, 6.07) is 10.2. The number of fused-ring (bicyclic) bond motifs is 1. The summed E-state index contributed by atoms with van der Waals surface area (Å²) in [7, 11) is 0. The summed E-state index contributed by atoms with van der Waals surface area (Å²) in [4.78, 5) is 16.5. The van der Waals surface area contributed by atoms with Gasteiger partial charge in [-0.3, -0.25) is 4.98 Å². The molecule has 0 aliphatic rings. The van der Waals surface area contributed by atoms with Crippen molar-refractivity contribution >= 4 is 22.5 Å². The molecule has 0 spiro atoms. The van der Waals surface area contributed by atoms with Gasteiger partial charge in [-0.2, -0.15) is 0 Å². The van der Waals surface area contributed by atoms with Crippen LogP contribution in [0.25, 0.3) is 33.0 Å². The number of thiazole rings is 1. The molecular weight excluding hydrogens is 268 g/mol. The minimum atomic E-state index is 0.789. The van der Waals surface area contributed by atoms with Crippen LogP contribution >= 0.6 is 11.3 Å². The van der Waals surface area contributed by atoms with Crippen molar-refractivity contribution in [3.8, 4) is 21.8 Å². The minimum Gasteiger partial charge on any atom is -0.344 e. The van der Waals surface area contributed by atoms with Crippen LogP contribution in [0.2, 0.25) is 0 Å². The second-order valence-electron chi connectivity index (χ2n) is 4.36. The van der Waals surface area contributed by atoms with Gasteiger partial charge < -0.3 is 4.98 Å². The number of rotatable bonds is 2. The average molecular weight is 278 g/mol. The molecule has 3 aromatic heterocycles. The summed E-state index contributed by atoms with van der Waals surface area (Å²) in [6.45, 7) is 0. The van der Waals surface area contributed by atoms with E-state index in [9.17, 15) is 0 Å². The molecule has 0 atom stereocenters. The predicted molar refractivity (Wildman–Crippen MR) is 80.4 cm³/mol. The largest absolute Gasteiger partial charge is 0.344 e. The second kappa shape index (κ2) is 4.54. The number of aromatic amines is 1. The van der Waals surface area contributed by atoms with Crippen LogP contribution < -0.4 is 0 Å². The van der Waals surface area contributed by atoms with Crippen molar-refractivity contribution in [2.45, 2.75) is 0 Å². The fourth-order valence-corrected chi connectivity index (χ4v) is 2.98. The molecule has 4 rings (SSSR count). The fraction of sp³-hybridized carbons (Fsp3) is 0. The first kappa shape index (κ1) is 11.3. The smallest absolute Gasteiger partial charge is 0.156 e. The number of nitrogens with one attached hydrogen (secondary N) is 1. The Labute approximate surface area is 119 Å². The van der Waals surface area contributed by atoms with E-state index in [1.54, 1.807) is 23.7 Å². The van der Waals surface area contributed by atoms with Crippen molar-refractivity contribution in [1.82, 2.24) is 19.9 Å². The van der Waals surface area contributed by atoms with Gasteiger partial charge in [0.05, 0.1) is 5.69 Å². The number of hydrogen-bond donors (Lipinski definition) is 1. The molecule has 0 aliphatic carbocycles. The molecule has 4 aromatic rings. The maximum atomic E-state index is 4.70. The average Bonchev–Trinajstić information content (AvgIpc) is 3.14. The summed E-state index contributed by atoms with van der Waals surface area (Å²) >= 11 is 1.64. The Morgan fingerprint density at radius 3 is 2.75 bits per heavy atom. The lowest BCUT2D eigenvalue weighted by atomic mass is 10.2. The lowest BCUT2D eigenvalue weighted by Crippen LogP contribution is -1.81. The molecule has 0 bridgehead atoms. The van der Waals surface area contributed by atoms with Crippen LogP contribution in [0.3, 0.4) is 0 Å². The number of aromatic nitrogens is 4. The quantitative estimate of drug-likeness (QED) is 0.607. The topological polar surface area (TPSA) is 54.5 Å². The van der Waals surface area contributed by atoms with Gasteiger partial charge in [0.25, 0.3) is 0 Å². The van der Waals surface area contributed by atoms with E-state index in [-0.39, 0.29) is 0 Å². The summed E-state index contributed by atoms with van der Waals surface area (Å²) in [6.07, 6.45) is 5.29. The summed E-state index contributed by atoms with van der Waals surface area (Å²) < 4.78 is 0. The van der Waals surface area contributed by atoms with E-state index in [0.717, 1.165) is 33.0 Å². The fourth-order valence-electron chi connectivity index (χ4n) is 2.16. The van der Waals surface area contributed by atoms with E-state index in [1.165, 1.54) is 0 Å². The van der Waals surface area contributed by atoms with Crippen LogP contribution in [0.15, 0.2) is 54.3 Å². The minimum absolute atomic E-state index is 0.789. The van der Waals surface area contributed by atoms with Crippen LogP contribution in [-0.4, -0.2) is 19.9 Å². The molecule has 0 saturated carbocycles. The van der Waals surface area contributed by atoms with Gasteiger partial charge in [-0.15, -0.1) is 11.3 Å². The van der Waals surface area contributed by atoms with Gasteiger partial charge in [0.2, 0.25) is 0 Å². The highest BCUT2D eigenvalue weighted by atomic mass is 32.1. The van der Waals surface area contributed by atoms with E-state index in [4.69, 9.17) is 4.98 Å². The summed E-state index contributed by atoms with van der Waals surface area (Å²) in [5, 5.41) is 3.07. The van der Waals surface area contributed by atoms with Gasteiger partial charge in [-0.05, 0) is 0 Å². The van der Waals surface area contributed by atoms with Crippen LogP contribution in [-0.2, 0) is 0 Å². The van der Waals surface area contributed by atoms with Gasteiger partial charge in [0.15, 0.2) is 5.65 Å². The van der Waals surface area contributed by atoms with Gasteiger partial charge in [-0.25, -0.2) is 9.97 Å². The third kappa shape index (κ3) is 1.80. The zero-order chi connectivity index (χ0) is 13.4. The highest BCUT2D eigenvalue weighted by Gasteiger charge is 2.12. The zero-order valence-corrected chi connectivity index (χ0v) is 11.3. The van der Waals surface area contributed by atoms with E-state index in [2.05, 4.69) is 32.5 Å². The third-order valence-corrected chi connectivity index (χ3v) is 4.00. The highest BCUT2D eigenvalue weighted by molar-refractivity contribution is 7.13. The molecule has 5 heteroatoms. The number of benzene rings is 1. The monoisotopic (exact) mass is 278 g/mol. The number of nitrogens with zero attached hydrogens (tertiary/aromatic N) is 3. The Kier molecular flexibility index (Phi) is 2.57. The molecular formula is C15H10N4S. The van der Waals surface area contributed by atoms with E-state index < -0.39 is 0 Å². The molecule has 0 amide bonds. The zero-order valence-electron chi connectivity index (χ0n) is 10.4. The lowest BCUT2D eigenvalue weighted by Gasteiger charge is -1.94. The first-order valence-corrected chi connectivity index (χ1v) is 7.09. The van der Waals surface area contributed by atoms with Gasteiger partial charge >= 0.3 is 0 Å². The van der Waals surface area contributed by atoms with E-state index >= 15 is 0 Å². The molecule has 3 heterocycles. The molecule has 0 aliphatic heterocycles. The maximum absolute atomic E-state index is 4.70. The molecule has 0 fully saturated rings. The van der Waals surface area contributed by atoms with Crippen molar-refractivity contribution in [1.29, 1.82) is 0 Å². The van der Waals surface area contributed by atoms with Crippen molar-refractivity contribution in [2.24, 2.45) is 0 Å². The van der Waals surface area contributed by atoms with Crippen LogP contribution in [0, 0.1) is 0 Å². The summed E-state index contributed by atoms with van der Waals surface area (Å²) in [5.41, 5.74) is 4.70. The van der Waals surface area contributed by atoms with Crippen LogP contribution in [0.5, 0.6) is 0 Å². The highest BCUT2D eigenvalue weighted by Crippen LogP contribution is 2.31. The van der Waals surface area contributed by atoms with E-state index in [0.29, 0.717) is 0 Å². The first-order valence-electron chi connectivity index (χ1n) is 6.21. The van der Waals surface area contributed by atoms with Crippen LogP contribution in [0.1, 0.15) is 0 Å². The summed E-state index contributed by atoms with van der Waals surface area (Å²) in [5.74, 6) is 0. The van der Waals surface area contributed by atoms with E-state index in [1.807, 2.05) is 24.4 Å². The normalized spacial score (nSPS) is 11.0. The Morgan fingerprint density at radius 1 is 1.00 bits per heavy atom. The number of H-pyrrole nitrogens is 1. The Morgan fingerprint density at radius 2 is 1.85 bits per heavy atom. The molecule has 0 unspecified atom stereocenters. The molecule has 0 saturated heterocycles. The van der Waals surface area contributed by atoms with Gasteiger partial charge in [-0.1, -0.05) is 30.3 Å². The van der Waals surface area contributed by atoms with Crippen molar-refractivity contribution in [3.63, 3.8) is 0 Å². The lowest BCUT2D eigenvalue weighted by molar-refractivity contribution is 1.26. The Bertz CT molecular complexity index is 864. The first-order chi connectivity index (χ1) is 9.92. The Hall–Kier alpha value is -2.53. The molecule has 1 N–H and O–H groups in total. The standard InChI is InChI=1S/C15H10N4S/c1-2-4-10(5-3-1)15-19-12(9-20-15)11-8-18-14-13(11)16-6-7-17-14/h1-9H,(H,17,18). The molecule has 96 valence electrons. The second-order valence-corrected chi connectivity index (χ2v) is 5.22. The third-order valence-electron chi connectivity index (χ3n) is 3.11. The van der Waals surface area contributed by atoms with Crippen molar-refractivity contribution in [2.75, 3.05) is 0 Å². The van der Waals surface area contributed by atoms with Gasteiger partial charge in [0, 0.05) is 35.1 Å². The van der Waals surface area contributed by atoms with Crippen LogP contribution in [0.4, 0.5) is 0 Å². The molecule has 4 nitrogen and oxygen atoms in total. The van der Waals surface area contributed by atoms with Crippen molar-refractivity contribution < 1.29 is 0 Å². The SMILES string of the molecule is c1ccc(-c2nc(-c3c[nH]c4nccnc34)cs2)cc1. The maximum Gasteiger partial charge on any atom is 0.156 e. The Balaban J connectivity index is 1.82. The molecule has 0 radical (unpaired) electrons. The molecule has 1 aromatic carbocycles. The molecule has 20 heavy (non-hydrogen) atoms.